The van der Waals surface area contributed by atoms with Gasteiger partial charge in [0.1, 0.15) is 0 Å². The summed E-state index contributed by atoms with van der Waals surface area (Å²) in [5.41, 5.74) is -0.601. The lowest BCUT2D eigenvalue weighted by molar-refractivity contribution is -0.156. The Bertz CT molecular complexity index is 235. The lowest BCUT2D eigenvalue weighted by atomic mass is 9.89. The number of carbonyl (C=O) groups excluding carboxylic acids is 1. The molecule has 0 aromatic carbocycles. The third-order valence-electron chi connectivity index (χ3n) is 2.93. The summed E-state index contributed by atoms with van der Waals surface area (Å²) >= 11 is 0. The Balaban J connectivity index is 2.16. The molecular formula is C12H24N2O2. The number of aliphatic hydroxyl groups is 1. The number of nitrogens with one attached hydrogen (secondary N) is 1. The van der Waals surface area contributed by atoms with Gasteiger partial charge >= 0.3 is 0 Å². The molecule has 4 nitrogen and oxygen atoms in total. The summed E-state index contributed by atoms with van der Waals surface area (Å²) in [6.45, 7) is 7.93. The summed E-state index contributed by atoms with van der Waals surface area (Å²) in [4.78, 5) is 13.4. The first-order valence-corrected chi connectivity index (χ1v) is 6.20. The molecule has 1 amide bonds. The summed E-state index contributed by atoms with van der Waals surface area (Å²) in [7, 11) is 0. The molecule has 1 fully saturated rings. The zero-order chi connectivity index (χ0) is 12.2. The molecule has 0 radical (unpaired) electrons. The summed E-state index contributed by atoms with van der Waals surface area (Å²) in [6.07, 6.45) is 2.29. The number of rotatable bonds is 6. The van der Waals surface area contributed by atoms with Gasteiger partial charge in [-0.3, -0.25) is 4.79 Å². The number of nitrogens with zero attached hydrogens (tertiary/aromatic N) is 1. The fourth-order valence-electron chi connectivity index (χ4n) is 2.09. The van der Waals surface area contributed by atoms with Crippen LogP contribution in [0.1, 0.15) is 40.0 Å². The zero-order valence-corrected chi connectivity index (χ0v) is 10.6. The van der Waals surface area contributed by atoms with E-state index in [0.29, 0.717) is 25.6 Å². The molecule has 1 heterocycles. The number of β-amino-alcohol motifs (C(OH)–C–C–N with tert-alkyl or cyclic N) is 1. The molecule has 94 valence electrons. The molecule has 0 aromatic heterocycles. The fraction of sp³-hybridized carbons (Fsp3) is 0.917. The molecule has 2 N–H and O–H groups in total. The SMILES string of the molecule is CCCC1(O)CN(C(=O)CCNC(C)C)C1. The maximum absolute atomic E-state index is 11.7. The van der Waals surface area contributed by atoms with Crippen molar-refractivity contribution in [2.45, 2.75) is 51.7 Å². The smallest absolute Gasteiger partial charge is 0.224 e. The number of likely N-dealkylation sites (tertiary alicyclic amines) is 1. The standard InChI is InChI=1S/C12H24N2O2/c1-4-6-12(16)8-14(9-12)11(15)5-7-13-10(2)3/h10,13,16H,4-9H2,1-3H3. The van der Waals surface area contributed by atoms with Crippen LogP contribution in [0.3, 0.4) is 0 Å². The third kappa shape index (κ3) is 3.76. The van der Waals surface area contributed by atoms with Crippen molar-refractivity contribution >= 4 is 5.91 Å². The topological polar surface area (TPSA) is 52.6 Å². The molecule has 0 atom stereocenters. The predicted octanol–water partition coefficient (Wildman–Crippen LogP) is 0.748. The second-order valence-electron chi connectivity index (χ2n) is 5.08. The molecule has 0 spiro atoms. The zero-order valence-electron chi connectivity index (χ0n) is 10.6. The van der Waals surface area contributed by atoms with Gasteiger partial charge in [0.05, 0.1) is 18.7 Å². The lowest BCUT2D eigenvalue weighted by Crippen LogP contribution is -2.63. The van der Waals surface area contributed by atoms with E-state index in [1.54, 1.807) is 4.90 Å². The average Bonchev–Trinajstić information content (AvgIpc) is 2.13. The van der Waals surface area contributed by atoms with E-state index >= 15 is 0 Å². The number of amides is 1. The van der Waals surface area contributed by atoms with Crippen molar-refractivity contribution in [3.63, 3.8) is 0 Å². The first-order chi connectivity index (χ1) is 7.47. The van der Waals surface area contributed by atoms with E-state index in [9.17, 15) is 9.90 Å². The molecule has 16 heavy (non-hydrogen) atoms. The maximum Gasteiger partial charge on any atom is 0.224 e. The molecule has 1 rings (SSSR count). The Hall–Kier alpha value is -0.610. The molecule has 0 saturated carbocycles. The van der Waals surface area contributed by atoms with E-state index in [2.05, 4.69) is 26.1 Å². The quantitative estimate of drug-likeness (QED) is 0.705. The molecule has 0 aliphatic carbocycles. The minimum absolute atomic E-state index is 0.147. The van der Waals surface area contributed by atoms with Gasteiger partial charge in [0, 0.05) is 19.0 Å². The lowest BCUT2D eigenvalue weighted by Gasteiger charge is -2.46. The molecule has 1 saturated heterocycles. The van der Waals surface area contributed by atoms with Gasteiger partial charge in [-0.2, -0.15) is 0 Å². The van der Waals surface area contributed by atoms with Gasteiger partial charge < -0.3 is 15.3 Å². The monoisotopic (exact) mass is 228 g/mol. The fourth-order valence-corrected chi connectivity index (χ4v) is 2.09. The first kappa shape index (κ1) is 13.5. The first-order valence-electron chi connectivity index (χ1n) is 6.20. The van der Waals surface area contributed by atoms with Gasteiger partial charge in [0.2, 0.25) is 5.91 Å². The highest BCUT2D eigenvalue weighted by Gasteiger charge is 2.42. The summed E-state index contributed by atoms with van der Waals surface area (Å²) in [5, 5.41) is 13.1. The van der Waals surface area contributed by atoms with Gasteiger partial charge in [-0.05, 0) is 6.42 Å². The molecule has 0 aromatic rings. The van der Waals surface area contributed by atoms with Crippen LogP contribution in [-0.2, 0) is 4.79 Å². The van der Waals surface area contributed by atoms with Crippen molar-refractivity contribution in [3.05, 3.63) is 0 Å². The van der Waals surface area contributed by atoms with Crippen molar-refractivity contribution in [1.29, 1.82) is 0 Å². The Morgan fingerprint density at radius 1 is 1.50 bits per heavy atom. The molecule has 0 unspecified atom stereocenters. The highest BCUT2D eigenvalue weighted by molar-refractivity contribution is 5.77. The average molecular weight is 228 g/mol. The van der Waals surface area contributed by atoms with E-state index < -0.39 is 5.60 Å². The summed E-state index contributed by atoms with van der Waals surface area (Å²) in [6, 6.07) is 0.418. The second-order valence-corrected chi connectivity index (χ2v) is 5.08. The van der Waals surface area contributed by atoms with Crippen LogP contribution in [0, 0.1) is 0 Å². The van der Waals surface area contributed by atoms with Crippen molar-refractivity contribution in [2.24, 2.45) is 0 Å². The third-order valence-corrected chi connectivity index (χ3v) is 2.93. The van der Waals surface area contributed by atoms with Crippen LogP contribution in [0.25, 0.3) is 0 Å². The Kier molecular flexibility index (Phi) is 4.74. The Morgan fingerprint density at radius 2 is 2.12 bits per heavy atom. The van der Waals surface area contributed by atoms with Crippen LogP contribution >= 0.6 is 0 Å². The van der Waals surface area contributed by atoms with E-state index in [1.807, 2.05) is 0 Å². The molecule has 0 bridgehead atoms. The van der Waals surface area contributed by atoms with E-state index in [0.717, 1.165) is 19.4 Å². The minimum atomic E-state index is -0.601. The van der Waals surface area contributed by atoms with Gasteiger partial charge in [-0.15, -0.1) is 0 Å². The molecule has 4 heteroatoms. The number of hydrogen-bond acceptors (Lipinski definition) is 3. The van der Waals surface area contributed by atoms with Crippen LogP contribution in [0.15, 0.2) is 0 Å². The highest BCUT2D eigenvalue weighted by Crippen LogP contribution is 2.25. The van der Waals surface area contributed by atoms with Crippen LogP contribution in [0.5, 0.6) is 0 Å². The van der Waals surface area contributed by atoms with Crippen molar-refractivity contribution in [2.75, 3.05) is 19.6 Å². The van der Waals surface area contributed by atoms with Crippen LogP contribution in [-0.4, -0.2) is 47.2 Å². The van der Waals surface area contributed by atoms with Gasteiger partial charge in [-0.25, -0.2) is 0 Å². The predicted molar refractivity (Wildman–Crippen MR) is 64.2 cm³/mol. The summed E-state index contributed by atoms with van der Waals surface area (Å²) in [5.74, 6) is 0.147. The second kappa shape index (κ2) is 5.64. The molecule has 1 aliphatic rings. The Labute approximate surface area is 98.0 Å². The van der Waals surface area contributed by atoms with Crippen molar-refractivity contribution in [3.8, 4) is 0 Å². The number of hydrogen-bond donors (Lipinski definition) is 2. The van der Waals surface area contributed by atoms with Gasteiger partial charge in [0.25, 0.3) is 0 Å². The van der Waals surface area contributed by atoms with E-state index in [-0.39, 0.29) is 5.91 Å². The highest BCUT2D eigenvalue weighted by atomic mass is 16.3. The van der Waals surface area contributed by atoms with E-state index in [1.165, 1.54) is 0 Å². The maximum atomic E-state index is 11.7. The van der Waals surface area contributed by atoms with Crippen LogP contribution in [0.4, 0.5) is 0 Å². The summed E-state index contributed by atoms with van der Waals surface area (Å²) < 4.78 is 0. The van der Waals surface area contributed by atoms with Crippen LogP contribution < -0.4 is 5.32 Å². The number of carbonyl (C=O) groups is 1. The Morgan fingerprint density at radius 3 is 2.62 bits per heavy atom. The van der Waals surface area contributed by atoms with Gasteiger partial charge in [0.15, 0.2) is 0 Å². The van der Waals surface area contributed by atoms with Crippen molar-refractivity contribution < 1.29 is 9.90 Å². The molecule has 1 aliphatic heterocycles. The molecular weight excluding hydrogens is 204 g/mol. The van der Waals surface area contributed by atoms with Crippen molar-refractivity contribution in [1.82, 2.24) is 10.2 Å². The van der Waals surface area contributed by atoms with E-state index in [4.69, 9.17) is 0 Å². The van der Waals surface area contributed by atoms with Crippen LogP contribution in [0.2, 0.25) is 0 Å². The van der Waals surface area contributed by atoms with Gasteiger partial charge in [-0.1, -0.05) is 27.2 Å². The normalized spacial score (nSPS) is 18.7. The minimum Gasteiger partial charge on any atom is -0.386 e. The largest absolute Gasteiger partial charge is 0.386 e.